The van der Waals surface area contributed by atoms with Crippen LogP contribution in [-0.4, -0.2) is 23.2 Å². The molecule has 1 aliphatic heterocycles. The molecule has 3 heterocycles. The van der Waals surface area contributed by atoms with Crippen molar-refractivity contribution in [3.05, 3.63) is 40.8 Å². The predicted molar refractivity (Wildman–Crippen MR) is 85.0 cm³/mol. The lowest BCUT2D eigenvalue weighted by atomic mass is 9.92. The molecule has 0 N–H and O–H groups in total. The van der Waals surface area contributed by atoms with E-state index in [1.54, 1.807) is 17.4 Å². The minimum absolute atomic E-state index is 0.288. The number of aromatic nitrogens is 2. The lowest BCUT2D eigenvalue weighted by Crippen LogP contribution is -2.32. The van der Waals surface area contributed by atoms with Gasteiger partial charge in [0.15, 0.2) is 10.7 Å². The monoisotopic (exact) mass is 317 g/mol. The molecule has 0 atom stereocenters. The summed E-state index contributed by atoms with van der Waals surface area (Å²) >= 11 is 1.74. The average Bonchev–Trinajstić information content (AvgIpc) is 3.13. The lowest BCUT2D eigenvalue weighted by Gasteiger charge is -2.30. The Kier molecular flexibility index (Phi) is 3.33. The summed E-state index contributed by atoms with van der Waals surface area (Å²) in [7, 11) is 0. The lowest BCUT2D eigenvalue weighted by molar-refractivity contribution is 0.416. The van der Waals surface area contributed by atoms with Gasteiger partial charge in [0.25, 0.3) is 0 Å². The Morgan fingerprint density at radius 1 is 1.32 bits per heavy atom. The topological polar surface area (TPSA) is 42.2 Å². The molecule has 1 aliphatic rings. The fraction of sp³-hybridized carbons (Fsp3) is 0.375. The smallest absolute Gasteiger partial charge is 0.185 e. The Morgan fingerprint density at radius 3 is 2.86 bits per heavy atom. The van der Waals surface area contributed by atoms with Crippen LogP contribution in [0, 0.1) is 12.7 Å². The van der Waals surface area contributed by atoms with Crippen LogP contribution in [0.5, 0.6) is 0 Å². The number of hydrogen-bond acceptors (Lipinski definition) is 5. The fourth-order valence-electron chi connectivity index (χ4n) is 3.06. The van der Waals surface area contributed by atoms with Crippen molar-refractivity contribution in [2.75, 3.05) is 18.0 Å². The van der Waals surface area contributed by atoms with Gasteiger partial charge in [-0.25, -0.2) is 9.37 Å². The van der Waals surface area contributed by atoms with Crippen molar-refractivity contribution in [3.8, 4) is 0 Å². The van der Waals surface area contributed by atoms with Crippen LogP contribution >= 0.6 is 11.3 Å². The number of hydrogen-bond donors (Lipinski definition) is 0. The zero-order chi connectivity index (χ0) is 15.1. The van der Waals surface area contributed by atoms with Crippen LogP contribution in [0.4, 0.5) is 9.52 Å². The summed E-state index contributed by atoms with van der Waals surface area (Å²) in [4.78, 5) is 8.02. The normalized spacial score (nSPS) is 16.5. The van der Waals surface area contributed by atoms with E-state index in [4.69, 9.17) is 4.52 Å². The molecule has 4 rings (SSSR count). The number of benzene rings is 1. The van der Waals surface area contributed by atoms with Crippen LogP contribution in [0.25, 0.3) is 11.0 Å². The number of fused-ring (bicyclic) bond motifs is 1. The third-order valence-corrected chi connectivity index (χ3v) is 5.20. The zero-order valence-electron chi connectivity index (χ0n) is 12.3. The molecule has 0 unspecified atom stereocenters. The second-order valence-corrected chi connectivity index (χ2v) is 6.94. The highest BCUT2D eigenvalue weighted by atomic mass is 32.1. The molecule has 6 heteroatoms. The van der Waals surface area contributed by atoms with E-state index in [0.717, 1.165) is 42.1 Å². The maximum atomic E-state index is 13.2. The largest absolute Gasteiger partial charge is 0.356 e. The summed E-state index contributed by atoms with van der Waals surface area (Å²) in [6, 6.07) is 4.64. The van der Waals surface area contributed by atoms with Gasteiger partial charge in [0.2, 0.25) is 0 Å². The molecule has 114 valence electrons. The average molecular weight is 317 g/mol. The molecule has 2 aromatic heterocycles. The van der Waals surface area contributed by atoms with Crippen molar-refractivity contribution in [1.82, 2.24) is 10.1 Å². The first-order valence-corrected chi connectivity index (χ1v) is 8.24. The quantitative estimate of drug-likeness (QED) is 0.713. The van der Waals surface area contributed by atoms with E-state index in [1.165, 1.54) is 17.0 Å². The van der Waals surface area contributed by atoms with E-state index in [9.17, 15) is 4.39 Å². The first-order chi connectivity index (χ1) is 10.7. The maximum absolute atomic E-state index is 13.2. The number of anilines is 1. The Morgan fingerprint density at radius 2 is 2.14 bits per heavy atom. The number of nitrogens with zero attached hydrogens (tertiary/aromatic N) is 3. The first kappa shape index (κ1) is 13.7. The number of aryl methyl sites for hydroxylation is 1. The molecular weight excluding hydrogens is 301 g/mol. The van der Waals surface area contributed by atoms with Crippen molar-refractivity contribution >= 4 is 27.4 Å². The molecule has 1 aromatic carbocycles. The molecule has 0 bridgehead atoms. The van der Waals surface area contributed by atoms with Crippen LogP contribution in [0.2, 0.25) is 0 Å². The van der Waals surface area contributed by atoms with Crippen LogP contribution in [-0.2, 0) is 0 Å². The zero-order valence-corrected chi connectivity index (χ0v) is 13.1. The van der Waals surface area contributed by atoms with Crippen LogP contribution in [0.15, 0.2) is 28.9 Å². The summed E-state index contributed by atoms with van der Waals surface area (Å²) in [5.41, 5.74) is 1.50. The number of thiazole rings is 1. The van der Waals surface area contributed by atoms with E-state index >= 15 is 0 Å². The summed E-state index contributed by atoms with van der Waals surface area (Å²) in [5.74, 6) is 0.0770. The minimum atomic E-state index is -0.288. The summed E-state index contributed by atoms with van der Waals surface area (Å²) in [6.07, 6.45) is 3.95. The molecule has 0 amide bonds. The molecule has 4 nitrogen and oxygen atoms in total. The van der Waals surface area contributed by atoms with Crippen molar-refractivity contribution in [2.45, 2.75) is 25.7 Å². The van der Waals surface area contributed by atoms with Gasteiger partial charge in [0.05, 0.1) is 5.69 Å². The van der Waals surface area contributed by atoms with E-state index < -0.39 is 0 Å². The summed E-state index contributed by atoms with van der Waals surface area (Å²) in [5, 5.41) is 6.22. The Bertz CT molecular complexity index is 805. The first-order valence-electron chi connectivity index (χ1n) is 7.43. The molecule has 1 fully saturated rings. The Hall–Kier alpha value is -1.95. The molecule has 1 saturated heterocycles. The van der Waals surface area contributed by atoms with Gasteiger partial charge in [0.1, 0.15) is 5.82 Å². The van der Waals surface area contributed by atoms with Gasteiger partial charge in [-0.3, -0.25) is 0 Å². The van der Waals surface area contributed by atoms with E-state index in [-0.39, 0.29) is 5.82 Å². The Balaban J connectivity index is 1.53. The minimum Gasteiger partial charge on any atom is -0.356 e. The molecule has 0 saturated carbocycles. The second kappa shape index (κ2) is 5.35. The summed E-state index contributed by atoms with van der Waals surface area (Å²) < 4.78 is 18.5. The molecule has 0 spiro atoms. The van der Waals surface area contributed by atoms with Gasteiger partial charge in [-0.05, 0) is 31.9 Å². The SMILES string of the molecule is Cc1cnc(N2CCC(c3noc4cc(F)ccc34)CC2)s1. The summed E-state index contributed by atoms with van der Waals surface area (Å²) in [6.45, 7) is 4.01. The van der Waals surface area contributed by atoms with Gasteiger partial charge >= 0.3 is 0 Å². The molecule has 0 radical (unpaired) electrons. The van der Waals surface area contributed by atoms with Gasteiger partial charge in [-0.2, -0.15) is 0 Å². The van der Waals surface area contributed by atoms with Crippen molar-refractivity contribution in [1.29, 1.82) is 0 Å². The maximum Gasteiger partial charge on any atom is 0.185 e. The molecule has 22 heavy (non-hydrogen) atoms. The van der Waals surface area contributed by atoms with Crippen LogP contribution in [0.1, 0.15) is 29.3 Å². The molecular formula is C16H16FN3OS. The van der Waals surface area contributed by atoms with Gasteiger partial charge in [-0.15, -0.1) is 11.3 Å². The van der Waals surface area contributed by atoms with Crippen LogP contribution < -0.4 is 4.90 Å². The predicted octanol–water partition coefficient (Wildman–Crippen LogP) is 4.12. The highest BCUT2D eigenvalue weighted by Crippen LogP contribution is 2.34. The van der Waals surface area contributed by atoms with E-state index in [2.05, 4.69) is 22.0 Å². The van der Waals surface area contributed by atoms with E-state index in [1.807, 2.05) is 6.20 Å². The standard InChI is InChI=1S/C16H16FN3OS/c1-10-9-18-16(22-10)20-6-4-11(5-7-20)15-13-3-2-12(17)8-14(13)21-19-15/h2-3,8-9,11H,4-7H2,1H3. The van der Waals surface area contributed by atoms with E-state index in [0.29, 0.717) is 11.5 Å². The third-order valence-electron chi connectivity index (χ3n) is 4.22. The highest BCUT2D eigenvalue weighted by Gasteiger charge is 2.26. The number of piperidine rings is 1. The number of rotatable bonds is 2. The Labute approximate surface area is 131 Å². The van der Waals surface area contributed by atoms with Gasteiger partial charge in [0, 0.05) is 41.5 Å². The van der Waals surface area contributed by atoms with Gasteiger partial charge in [-0.1, -0.05) is 5.16 Å². The second-order valence-electron chi connectivity index (χ2n) is 5.72. The van der Waals surface area contributed by atoms with Gasteiger partial charge < -0.3 is 9.42 Å². The third kappa shape index (κ3) is 2.37. The fourth-order valence-corrected chi connectivity index (χ4v) is 3.87. The van der Waals surface area contributed by atoms with Crippen molar-refractivity contribution in [3.63, 3.8) is 0 Å². The highest BCUT2D eigenvalue weighted by molar-refractivity contribution is 7.15. The van der Waals surface area contributed by atoms with Crippen LogP contribution in [0.3, 0.4) is 0 Å². The molecule has 0 aliphatic carbocycles. The van der Waals surface area contributed by atoms with Crippen molar-refractivity contribution in [2.24, 2.45) is 0 Å². The van der Waals surface area contributed by atoms with Crippen molar-refractivity contribution < 1.29 is 8.91 Å². The molecule has 3 aromatic rings. The number of halogens is 1.